The lowest BCUT2D eigenvalue weighted by molar-refractivity contribution is -0.117. The first-order chi connectivity index (χ1) is 13.2. The van der Waals surface area contributed by atoms with Gasteiger partial charge in [-0.05, 0) is 55.2 Å². The summed E-state index contributed by atoms with van der Waals surface area (Å²) in [6, 6.07) is 15.0. The highest BCUT2D eigenvalue weighted by Gasteiger charge is 2.21. The number of hydrogen-bond acceptors (Lipinski definition) is 3. The van der Waals surface area contributed by atoms with Crippen LogP contribution in [0.1, 0.15) is 24.8 Å². The molecule has 0 spiro atoms. The molecule has 1 aliphatic heterocycles. The highest BCUT2D eigenvalue weighted by atomic mass is 16.5. The molecule has 2 aromatic rings. The number of aryl methyl sites for hydroxylation is 1. The molecule has 3 amide bonds. The van der Waals surface area contributed by atoms with E-state index < -0.39 is 0 Å². The lowest BCUT2D eigenvalue weighted by Gasteiger charge is -2.16. The van der Waals surface area contributed by atoms with E-state index in [1.54, 1.807) is 12.0 Å². The number of rotatable bonds is 7. The summed E-state index contributed by atoms with van der Waals surface area (Å²) >= 11 is 0. The fraction of sp³-hybridized carbons (Fsp3) is 0.333. The minimum Gasteiger partial charge on any atom is -0.496 e. The summed E-state index contributed by atoms with van der Waals surface area (Å²) in [5.74, 6) is 1.03. The van der Waals surface area contributed by atoms with Gasteiger partial charge in [-0.3, -0.25) is 4.79 Å². The summed E-state index contributed by atoms with van der Waals surface area (Å²) in [4.78, 5) is 25.6. The number of carbonyl (C=O) groups is 2. The molecule has 0 aromatic heterocycles. The third kappa shape index (κ3) is 5.00. The standard InChI is InChI=1S/C21H25N3O3/c1-27-19-8-3-2-6-16(19)7-4-14-22-21(26)23-17-10-12-18(13-11-17)24-15-5-9-20(24)25/h2-3,6,8,10-13H,4-5,7,9,14-15H2,1H3,(H2,22,23,26). The largest absolute Gasteiger partial charge is 0.496 e. The third-order valence-corrected chi connectivity index (χ3v) is 4.61. The van der Waals surface area contributed by atoms with Crippen LogP contribution in [0.4, 0.5) is 16.2 Å². The zero-order chi connectivity index (χ0) is 19.1. The van der Waals surface area contributed by atoms with Crippen molar-refractivity contribution in [2.24, 2.45) is 0 Å². The minimum atomic E-state index is -0.236. The Bertz CT molecular complexity index is 790. The van der Waals surface area contributed by atoms with Gasteiger partial charge in [-0.2, -0.15) is 0 Å². The van der Waals surface area contributed by atoms with Gasteiger partial charge < -0.3 is 20.3 Å². The second-order valence-corrected chi connectivity index (χ2v) is 6.49. The number of hydrogen-bond donors (Lipinski definition) is 2. The molecule has 1 aliphatic rings. The summed E-state index contributed by atoms with van der Waals surface area (Å²) in [6.45, 7) is 1.34. The molecule has 142 valence electrons. The predicted molar refractivity (Wildman–Crippen MR) is 106 cm³/mol. The lowest BCUT2D eigenvalue weighted by Crippen LogP contribution is -2.29. The quantitative estimate of drug-likeness (QED) is 0.735. The van der Waals surface area contributed by atoms with Gasteiger partial charge in [-0.25, -0.2) is 4.79 Å². The Labute approximate surface area is 159 Å². The summed E-state index contributed by atoms with van der Waals surface area (Å²) in [5.41, 5.74) is 2.71. The molecule has 0 unspecified atom stereocenters. The number of nitrogens with zero attached hydrogens (tertiary/aromatic N) is 1. The van der Waals surface area contributed by atoms with E-state index in [1.165, 1.54) is 0 Å². The molecule has 1 fully saturated rings. The molecular formula is C21H25N3O3. The second-order valence-electron chi connectivity index (χ2n) is 6.49. The molecule has 6 nitrogen and oxygen atoms in total. The van der Waals surface area contributed by atoms with E-state index in [2.05, 4.69) is 10.6 Å². The molecule has 0 bridgehead atoms. The van der Waals surface area contributed by atoms with Crippen molar-refractivity contribution in [3.05, 3.63) is 54.1 Å². The zero-order valence-corrected chi connectivity index (χ0v) is 15.5. The van der Waals surface area contributed by atoms with Crippen molar-refractivity contribution >= 4 is 23.3 Å². The first-order valence-corrected chi connectivity index (χ1v) is 9.24. The van der Waals surface area contributed by atoms with Crippen LogP contribution >= 0.6 is 0 Å². The van der Waals surface area contributed by atoms with E-state index in [9.17, 15) is 9.59 Å². The number of methoxy groups -OCH3 is 1. The van der Waals surface area contributed by atoms with Crippen LogP contribution in [-0.4, -0.2) is 32.1 Å². The average molecular weight is 367 g/mol. The van der Waals surface area contributed by atoms with Crippen molar-refractivity contribution < 1.29 is 14.3 Å². The molecule has 0 radical (unpaired) electrons. The molecule has 0 atom stereocenters. The summed E-state index contributed by atoms with van der Waals surface area (Å²) in [6.07, 6.45) is 3.17. The number of nitrogens with one attached hydrogen (secondary N) is 2. The maximum atomic E-state index is 12.0. The molecule has 0 saturated carbocycles. The van der Waals surface area contributed by atoms with Gasteiger partial charge in [0.15, 0.2) is 0 Å². The van der Waals surface area contributed by atoms with Gasteiger partial charge in [-0.1, -0.05) is 18.2 Å². The topological polar surface area (TPSA) is 70.7 Å². The van der Waals surface area contributed by atoms with Crippen LogP contribution in [0, 0.1) is 0 Å². The van der Waals surface area contributed by atoms with Crippen LogP contribution in [0.5, 0.6) is 5.75 Å². The molecule has 1 heterocycles. The van der Waals surface area contributed by atoms with E-state index in [-0.39, 0.29) is 11.9 Å². The number of para-hydroxylation sites is 1. The van der Waals surface area contributed by atoms with Crippen molar-refractivity contribution in [3.8, 4) is 5.75 Å². The molecule has 6 heteroatoms. The second kappa shape index (κ2) is 9.07. The van der Waals surface area contributed by atoms with Crippen LogP contribution in [-0.2, 0) is 11.2 Å². The number of anilines is 2. The van der Waals surface area contributed by atoms with Gasteiger partial charge in [0.2, 0.25) is 5.91 Å². The Hall–Kier alpha value is -3.02. The van der Waals surface area contributed by atoms with E-state index in [4.69, 9.17) is 4.74 Å². The van der Waals surface area contributed by atoms with Gasteiger partial charge in [0.05, 0.1) is 7.11 Å². The highest BCUT2D eigenvalue weighted by Crippen LogP contribution is 2.23. The maximum Gasteiger partial charge on any atom is 0.319 e. The molecule has 2 N–H and O–H groups in total. The lowest BCUT2D eigenvalue weighted by atomic mass is 10.1. The monoisotopic (exact) mass is 367 g/mol. The molecule has 27 heavy (non-hydrogen) atoms. The minimum absolute atomic E-state index is 0.156. The van der Waals surface area contributed by atoms with Crippen molar-refractivity contribution in [2.45, 2.75) is 25.7 Å². The van der Waals surface area contributed by atoms with E-state index in [0.29, 0.717) is 18.7 Å². The first-order valence-electron chi connectivity index (χ1n) is 9.24. The number of carbonyl (C=O) groups excluding carboxylic acids is 2. The van der Waals surface area contributed by atoms with Crippen molar-refractivity contribution in [2.75, 3.05) is 30.4 Å². The Morgan fingerprint density at radius 3 is 2.63 bits per heavy atom. The zero-order valence-electron chi connectivity index (χ0n) is 15.5. The van der Waals surface area contributed by atoms with Crippen molar-refractivity contribution in [1.82, 2.24) is 5.32 Å². The first kappa shape index (κ1) is 18.8. The Kier molecular flexibility index (Phi) is 6.30. The summed E-state index contributed by atoms with van der Waals surface area (Å²) in [7, 11) is 1.66. The van der Waals surface area contributed by atoms with Crippen LogP contribution in [0.3, 0.4) is 0 Å². The maximum absolute atomic E-state index is 12.0. The predicted octanol–water partition coefficient (Wildman–Crippen LogP) is 3.58. The molecule has 1 saturated heterocycles. The van der Waals surface area contributed by atoms with Crippen LogP contribution in [0.2, 0.25) is 0 Å². The van der Waals surface area contributed by atoms with Gasteiger partial charge in [0.25, 0.3) is 0 Å². The molecule has 0 aliphatic carbocycles. The fourth-order valence-electron chi connectivity index (χ4n) is 3.21. The van der Waals surface area contributed by atoms with Gasteiger partial charge >= 0.3 is 6.03 Å². The van der Waals surface area contributed by atoms with Crippen LogP contribution in [0.15, 0.2) is 48.5 Å². The Balaban J connectivity index is 1.42. The van der Waals surface area contributed by atoms with Gasteiger partial charge in [-0.15, -0.1) is 0 Å². The molecule has 2 aromatic carbocycles. The van der Waals surface area contributed by atoms with Gasteiger partial charge in [0, 0.05) is 30.9 Å². The SMILES string of the molecule is COc1ccccc1CCCNC(=O)Nc1ccc(N2CCCC2=O)cc1. The summed E-state index contributed by atoms with van der Waals surface area (Å²) in [5, 5.41) is 5.67. The van der Waals surface area contributed by atoms with E-state index in [1.807, 2.05) is 48.5 Å². The Morgan fingerprint density at radius 1 is 1.15 bits per heavy atom. The third-order valence-electron chi connectivity index (χ3n) is 4.61. The normalized spacial score (nSPS) is 13.5. The number of amides is 3. The fourth-order valence-corrected chi connectivity index (χ4v) is 3.21. The Morgan fingerprint density at radius 2 is 1.93 bits per heavy atom. The smallest absolute Gasteiger partial charge is 0.319 e. The summed E-state index contributed by atoms with van der Waals surface area (Å²) < 4.78 is 5.33. The molecular weight excluding hydrogens is 342 g/mol. The van der Waals surface area contributed by atoms with Crippen LogP contribution in [0.25, 0.3) is 0 Å². The van der Waals surface area contributed by atoms with Gasteiger partial charge in [0.1, 0.15) is 5.75 Å². The number of urea groups is 1. The highest BCUT2D eigenvalue weighted by molar-refractivity contribution is 5.96. The number of ether oxygens (including phenoxy) is 1. The van der Waals surface area contributed by atoms with E-state index in [0.717, 1.165) is 42.8 Å². The van der Waals surface area contributed by atoms with Crippen molar-refractivity contribution in [3.63, 3.8) is 0 Å². The molecule has 3 rings (SSSR count). The number of benzene rings is 2. The van der Waals surface area contributed by atoms with Crippen LogP contribution < -0.4 is 20.3 Å². The van der Waals surface area contributed by atoms with E-state index >= 15 is 0 Å². The van der Waals surface area contributed by atoms with Crippen molar-refractivity contribution in [1.29, 1.82) is 0 Å². The average Bonchev–Trinajstić information content (AvgIpc) is 3.12.